The molecule has 0 radical (unpaired) electrons. The molecule has 2 rings (SSSR count). The molecular formula is C11H19ClN2O2S2. The van der Waals surface area contributed by atoms with E-state index in [0.717, 1.165) is 30.0 Å². The predicted octanol–water partition coefficient (Wildman–Crippen LogP) is 1.77. The Kier molecular flexibility index (Phi) is 5.61. The molecule has 0 aliphatic carbocycles. The number of rotatable bonds is 2. The van der Waals surface area contributed by atoms with E-state index in [1.165, 1.54) is 11.3 Å². The maximum absolute atomic E-state index is 12.5. The van der Waals surface area contributed by atoms with Crippen LogP contribution in [-0.4, -0.2) is 38.9 Å². The average molecular weight is 311 g/mol. The Balaban J connectivity index is 0.00000162. The minimum absolute atomic E-state index is 0. The van der Waals surface area contributed by atoms with E-state index in [1.54, 1.807) is 4.31 Å². The van der Waals surface area contributed by atoms with Crippen LogP contribution in [0.1, 0.15) is 16.9 Å². The summed E-state index contributed by atoms with van der Waals surface area (Å²) in [5.41, 5.74) is 0.865. The fraction of sp³-hybridized carbons (Fsp3) is 0.636. The summed E-state index contributed by atoms with van der Waals surface area (Å²) in [6.07, 6.45) is 0.878. The lowest BCUT2D eigenvalue weighted by molar-refractivity contribution is 0.433. The van der Waals surface area contributed by atoms with Crippen LogP contribution >= 0.6 is 23.7 Å². The molecular weight excluding hydrogens is 292 g/mol. The van der Waals surface area contributed by atoms with Gasteiger partial charge in [0.15, 0.2) is 0 Å². The molecule has 1 aromatic heterocycles. The highest BCUT2D eigenvalue weighted by atomic mass is 35.5. The van der Waals surface area contributed by atoms with Crippen LogP contribution < -0.4 is 5.32 Å². The van der Waals surface area contributed by atoms with Gasteiger partial charge in [-0.2, -0.15) is 4.31 Å². The van der Waals surface area contributed by atoms with E-state index in [0.29, 0.717) is 17.3 Å². The van der Waals surface area contributed by atoms with Crippen LogP contribution in [0.15, 0.2) is 10.3 Å². The number of halogens is 1. The molecule has 2 heterocycles. The third-order valence-corrected chi connectivity index (χ3v) is 6.53. The van der Waals surface area contributed by atoms with Crippen molar-refractivity contribution in [2.45, 2.75) is 24.5 Å². The van der Waals surface area contributed by atoms with Crippen molar-refractivity contribution in [2.75, 3.05) is 26.2 Å². The molecule has 0 amide bonds. The molecule has 0 saturated carbocycles. The number of nitrogens with one attached hydrogen (secondary N) is 1. The maximum atomic E-state index is 12.5. The molecule has 1 N–H and O–H groups in total. The van der Waals surface area contributed by atoms with Crippen LogP contribution in [0, 0.1) is 13.8 Å². The first-order valence-corrected chi connectivity index (χ1v) is 8.05. The van der Waals surface area contributed by atoms with Crippen LogP contribution in [0.5, 0.6) is 0 Å². The molecule has 0 unspecified atom stereocenters. The van der Waals surface area contributed by atoms with Crippen LogP contribution in [0.3, 0.4) is 0 Å². The van der Waals surface area contributed by atoms with Crippen molar-refractivity contribution in [1.82, 2.24) is 9.62 Å². The summed E-state index contributed by atoms with van der Waals surface area (Å²) in [7, 11) is -3.28. The third-order valence-electron chi connectivity index (χ3n) is 2.87. The number of sulfonamides is 1. The highest BCUT2D eigenvalue weighted by Gasteiger charge is 2.28. The zero-order valence-corrected chi connectivity index (χ0v) is 13.1. The number of thiophene rings is 1. The Labute approximate surface area is 119 Å². The van der Waals surface area contributed by atoms with Crippen molar-refractivity contribution < 1.29 is 8.42 Å². The van der Waals surface area contributed by atoms with Crippen molar-refractivity contribution in [2.24, 2.45) is 0 Å². The quantitative estimate of drug-likeness (QED) is 0.906. The molecule has 1 saturated heterocycles. The fourth-order valence-electron chi connectivity index (χ4n) is 2.05. The van der Waals surface area contributed by atoms with Crippen LogP contribution in [0.4, 0.5) is 0 Å². The second-order valence-corrected chi connectivity index (χ2v) is 7.72. The largest absolute Gasteiger partial charge is 0.315 e. The van der Waals surface area contributed by atoms with Gasteiger partial charge in [-0.1, -0.05) is 0 Å². The van der Waals surface area contributed by atoms with Gasteiger partial charge in [0.05, 0.1) is 0 Å². The van der Waals surface area contributed by atoms with Gasteiger partial charge >= 0.3 is 0 Å². The highest BCUT2D eigenvalue weighted by molar-refractivity contribution is 7.91. The van der Waals surface area contributed by atoms with Crippen molar-refractivity contribution in [1.29, 1.82) is 0 Å². The van der Waals surface area contributed by atoms with E-state index in [4.69, 9.17) is 0 Å². The van der Waals surface area contributed by atoms with Gasteiger partial charge in [-0.3, -0.25) is 0 Å². The third kappa shape index (κ3) is 3.24. The van der Waals surface area contributed by atoms with Gasteiger partial charge in [0, 0.05) is 24.5 Å². The Morgan fingerprint density at radius 1 is 1.28 bits per heavy atom. The second-order valence-electron chi connectivity index (χ2n) is 4.34. The first-order valence-electron chi connectivity index (χ1n) is 5.80. The molecule has 1 aromatic rings. The summed E-state index contributed by atoms with van der Waals surface area (Å²) < 4.78 is 27.1. The average Bonchev–Trinajstić information content (AvgIpc) is 2.52. The van der Waals surface area contributed by atoms with Crippen molar-refractivity contribution >= 4 is 33.8 Å². The first kappa shape index (κ1) is 15.9. The van der Waals surface area contributed by atoms with Gasteiger partial charge in [-0.15, -0.1) is 23.7 Å². The Bertz CT molecular complexity index is 491. The summed E-state index contributed by atoms with van der Waals surface area (Å²) in [5, 5.41) is 3.22. The SMILES string of the molecule is Cc1cc(C)c(S(=O)(=O)N2CCCNCC2)s1.Cl. The van der Waals surface area contributed by atoms with E-state index in [2.05, 4.69) is 5.32 Å². The molecule has 18 heavy (non-hydrogen) atoms. The molecule has 0 atom stereocenters. The Morgan fingerprint density at radius 3 is 2.61 bits per heavy atom. The Hall–Kier alpha value is -0.140. The molecule has 7 heteroatoms. The summed E-state index contributed by atoms with van der Waals surface area (Å²) in [5.74, 6) is 0. The zero-order chi connectivity index (χ0) is 12.5. The van der Waals surface area contributed by atoms with E-state index < -0.39 is 10.0 Å². The van der Waals surface area contributed by atoms with E-state index >= 15 is 0 Å². The number of hydrogen-bond donors (Lipinski definition) is 1. The summed E-state index contributed by atoms with van der Waals surface area (Å²) in [6.45, 7) is 6.63. The Morgan fingerprint density at radius 2 is 2.00 bits per heavy atom. The van der Waals surface area contributed by atoms with E-state index in [1.807, 2.05) is 19.9 Å². The zero-order valence-electron chi connectivity index (χ0n) is 10.6. The topological polar surface area (TPSA) is 49.4 Å². The van der Waals surface area contributed by atoms with Gasteiger partial charge in [0.2, 0.25) is 0 Å². The second kappa shape index (κ2) is 6.34. The number of nitrogens with zero attached hydrogens (tertiary/aromatic N) is 1. The lowest BCUT2D eigenvalue weighted by atomic mass is 10.4. The van der Waals surface area contributed by atoms with E-state index in [-0.39, 0.29) is 12.4 Å². The molecule has 0 bridgehead atoms. The number of hydrogen-bond acceptors (Lipinski definition) is 4. The van der Waals surface area contributed by atoms with Crippen molar-refractivity contribution in [3.63, 3.8) is 0 Å². The van der Waals surface area contributed by atoms with Gasteiger partial charge < -0.3 is 5.32 Å². The molecule has 4 nitrogen and oxygen atoms in total. The first-order chi connectivity index (χ1) is 8.01. The summed E-state index contributed by atoms with van der Waals surface area (Å²) in [4.78, 5) is 1.05. The molecule has 0 aromatic carbocycles. The van der Waals surface area contributed by atoms with Crippen LogP contribution in [0.25, 0.3) is 0 Å². The van der Waals surface area contributed by atoms with Gasteiger partial charge in [-0.25, -0.2) is 8.42 Å². The molecule has 104 valence electrons. The summed E-state index contributed by atoms with van der Waals surface area (Å²) in [6, 6.07) is 1.94. The van der Waals surface area contributed by atoms with E-state index in [9.17, 15) is 8.42 Å². The standard InChI is InChI=1S/C11H18N2O2S2.ClH/c1-9-8-10(2)16-11(9)17(14,15)13-6-3-4-12-5-7-13;/h8,12H,3-7H2,1-2H3;1H. The summed E-state index contributed by atoms with van der Waals surface area (Å²) >= 11 is 1.37. The minimum atomic E-state index is -3.28. The number of aryl methyl sites for hydroxylation is 2. The molecule has 1 fully saturated rings. The normalized spacial score (nSPS) is 18.1. The predicted molar refractivity (Wildman–Crippen MR) is 77.3 cm³/mol. The molecule has 1 aliphatic rings. The molecule has 1 aliphatic heterocycles. The van der Waals surface area contributed by atoms with Gasteiger partial charge in [0.25, 0.3) is 10.0 Å². The maximum Gasteiger partial charge on any atom is 0.252 e. The lowest BCUT2D eigenvalue weighted by Crippen LogP contribution is -2.34. The smallest absolute Gasteiger partial charge is 0.252 e. The van der Waals surface area contributed by atoms with Crippen molar-refractivity contribution in [3.05, 3.63) is 16.5 Å². The molecule has 0 spiro atoms. The van der Waals surface area contributed by atoms with Crippen LogP contribution in [-0.2, 0) is 10.0 Å². The minimum Gasteiger partial charge on any atom is -0.315 e. The highest BCUT2D eigenvalue weighted by Crippen LogP contribution is 2.28. The monoisotopic (exact) mass is 310 g/mol. The van der Waals surface area contributed by atoms with Crippen LogP contribution in [0.2, 0.25) is 0 Å². The van der Waals surface area contributed by atoms with Gasteiger partial charge in [0.1, 0.15) is 4.21 Å². The van der Waals surface area contributed by atoms with Gasteiger partial charge in [-0.05, 0) is 38.4 Å². The fourth-order valence-corrected chi connectivity index (χ4v) is 5.34. The van der Waals surface area contributed by atoms with Crippen molar-refractivity contribution in [3.8, 4) is 0 Å². The lowest BCUT2D eigenvalue weighted by Gasteiger charge is -2.18.